The largest absolute Gasteiger partial charge is 0.354 e. The number of benzene rings is 4. The molecule has 0 bridgehead atoms. The van der Waals surface area contributed by atoms with Crippen LogP contribution in [-0.2, 0) is 0 Å². The summed E-state index contributed by atoms with van der Waals surface area (Å²) >= 11 is 0. The summed E-state index contributed by atoms with van der Waals surface area (Å²) in [4.78, 5) is 8.13. The standard InChI is InChI=1S/C25H15FN2/c26-21-14-17-6-2-1-5-16(17)13-20(21)24-23-15(11-12-27-24)9-10-19-18-7-3-4-8-22(18)28-25(19)23/h1-14,28H. The maximum Gasteiger partial charge on any atom is 0.133 e. The van der Waals surface area contributed by atoms with Crippen LogP contribution in [0.25, 0.3) is 54.6 Å². The molecule has 0 radical (unpaired) electrons. The molecule has 0 aliphatic carbocycles. The van der Waals surface area contributed by atoms with E-state index in [4.69, 9.17) is 0 Å². The normalized spacial score (nSPS) is 11.8. The number of nitrogens with one attached hydrogen (secondary N) is 1. The van der Waals surface area contributed by atoms with Crippen LogP contribution in [0.3, 0.4) is 0 Å². The summed E-state index contributed by atoms with van der Waals surface area (Å²) in [6.45, 7) is 0. The van der Waals surface area contributed by atoms with Crippen molar-refractivity contribution in [3.05, 3.63) is 90.9 Å². The van der Waals surface area contributed by atoms with E-state index in [1.165, 1.54) is 0 Å². The second-order valence-electron chi connectivity index (χ2n) is 7.10. The highest BCUT2D eigenvalue weighted by atomic mass is 19.1. The van der Waals surface area contributed by atoms with Gasteiger partial charge in [0.2, 0.25) is 0 Å². The molecule has 0 spiro atoms. The minimum atomic E-state index is -0.258. The Morgan fingerprint density at radius 1 is 0.714 bits per heavy atom. The number of para-hydroxylation sites is 1. The van der Waals surface area contributed by atoms with E-state index >= 15 is 4.39 Å². The maximum atomic E-state index is 15.1. The molecule has 0 aliphatic rings. The number of hydrogen-bond donors (Lipinski definition) is 1. The van der Waals surface area contributed by atoms with Gasteiger partial charge < -0.3 is 4.98 Å². The number of halogens is 1. The van der Waals surface area contributed by atoms with Gasteiger partial charge in [-0.3, -0.25) is 4.98 Å². The van der Waals surface area contributed by atoms with Gasteiger partial charge in [-0.2, -0.15) is 0 Å². The van der Waals surface area contributed by atoms with E-state index in [0.717, 1.165) is 43.4 Å². The lowest BCUT2D eigenvalue weighted by atomic mass is 9.98. The second-order valence-corrected chi connectivity index (χ2v) is 7.10. The number of hydrogen-bond acceptors (Lipinski definition) is 1. The number of nitrogens with zero attached hydrogens (tertiary/aromatic N) is 1. The van der Waals surface area contributed by atoms with Gasteiger partial charge in [0.25, 0.3) is 0 Å². The summed E-state index contributed by atoms with van der Waals surface area (Å²) in [6.07, 6.45) is 1.75. The van der Waals surface area contributed by atoms with Crippen molar-refractivity contribution in [3.8, 4) is 11.3 Å². The molecule has 0 fully saturated rings. The van der Waals surface area contributed by atoms with Crippen LogP contribution in [0.1, 0.15) is 0 Å². The van der Waals surface area contributed by atoms with Crippen LogP contribution in [0.4, 0.5) is 4.39 Å². The Bertz CT molecular complexity index is 1530. The van der Waals surface area contributed by atoms with Gasteiger partial charge in [0.05, 0.1) is 11.2 Å². The molecule has 0 aliphatic heterocycles. The Hall–Kier alpha value is -3.72. The summed E-state index contributed by atoms with van der Waals surface area (Å²) in [5, 5.41) is 6.16. The van der Waals surface area contributed by atoms with E-state index in [9.17, 15) is 0 Å². The predicted molar refractivity (Wildman–Crippen MR) is 114 cm³/mol. The molecule has 0 unspecified atom stereocenters. The van der Waals surface area contributed by atoms with Gasteiger partial charge in [0.15, 0.2) is 0 Å². The molecule has 0 saturated carbocycles. The minimum absolute atomic E-state index is 0.258. The summed E-state index contributed by atoms with van der Waals surface area (Å²) in [7, 11) is 0. The molecule has 0 atom stereocenters. The highest BCUT2D eigenvalue weighted by Crippen LogP contribution is 2.37. The van der Waals surface area contributed by atoms with Crippen molar-refractivity contribution >= 4 is 43.4 Å². The van der Waals surface area contributed by atoms with Crippen molar-refractivity contribution in [1.82, 2.24) is 9.97 Å². The van der Waals surface area contributed by atoms with E-state index in [1.807, 2.05) is 48.5 Å². The summed E-state index contributed by atoms with van der Waals surface area (Å²) in [6, 6.07) is 25.7. The molecule has 3 heteroatoms. The Morgan fingerprint density at radius 3 is 2.39 bits per heavy atom. The number of fused-ring (bicyclic) bond motifs is 6. The minimum Gasteiger partial charge on any atom is -0.354 e. The second kappa shape index (κ2) is 5.64. The Morgan fingerprint density at radius 2 is 1.50 bits per heavy atom. The van der Waals surface area contributed by atoms with Gasteiger partial charge in [0, 0.05) is 33.4 Å². The maximum absolute atomic E-state index is 15.1. The average Bonchev–Trinajstić information content (AvgIpc) is 3.12. The first-order valence-corrected chi connectivity index (χ1v) is 9.26. The third kappa shape index (κ3) is 2.10. The summed E-state index contributed by atoms with van der Waals surface area (Å²) < 4.78 is 15.1. The van der Waals surface area contributed by atoms with Crippen LogP contribution in [0.2, 0.25) is 0 Å². The molecule has 1 N–H and O–H groups in total. The first-order valence-electron chi connectivity index (χ1n) is 9.26. The molecular weight excluding hydrogens is 347 g/mol. The van der Waals surface area contributed by atoms with Gasteiger partial charge in [-0.15, -0.1) is 0 Å². The first-order chi connectivity index (χ1) is 13.8. The molecular formula is C25H15FN2. The molecule has 6 aromatic rings. The van der Waals surface area contributed by atoms with Crippen LogP contribution in [-0.4, -0.2) is 9.97 Å². The van der Waals surface area contributed by atoms with E-state index in [0.29, 0.717) is 11.3 Å². The van der Waals surface area contributed by atoms with Crippen LogP contribution in [0.5, 0.6) is 0 Å². The highest BCUT2D eigenvalue weighted by Gasteiger charge is 2.16. The average molecular weight is 362 g/mol. The van der Waals surface area contributed by atoms with E-state index in [1.54, 1.807) is 12.3 Å². The van der Waals surface area contributed by atoms with Crippen molar-refractivity contribution in [1.29, 1.82) is 0 Å². The smallest absolute Gasteiger partial charge is 0.133 e. The number of rotatable bonds is 1. The van der Waals surface area contributed by atoms with Crippen molar-refractivity contribution in [3.63, 3.8) is 0 Å². The Balaban J connectivity index is 1.77. The SMILES string of the molecule is Fc1cc2ccccc2cc1-c1nccc2ccc3c4ccccc4[nH]c3c12. The summed E-state index contributed by atoms with van der Waals surface area (Å²) in [5.41, 5.74) is 3.25. The first kappa shape index (κ1) is 15.3. The Kier molecular flexibility index (Phi) is 3.09. The van der Waals surface area contributed by atoms with Gasteiger partial charge in [-0.05, 0) is 40.4 Å². The fourth-order valence-corrected chi connectivity index (χ4v) is 4.18. The van der Waals surface area contributed by atoms with E-state index < -0.39 is 0 Å². The molecule has 28 heavy (non-hydrogen) atoms. The molecule has 132 valence electrons. The van der Waals surface area contributed by atoms with E-state index in [2.05, 4.69) is 34.2 Å². The van der Waals surface area contributed by atoms with Crippen LogP contribution >= 0.6 is 0 Å². The molecule has 2 heterocycles. The Labute approximate surface area is 160 Å². The van der Waals surface area contributed by atoms with Crippen LogP contribution in [0.15, 0.2) is 85.1 Å². The molecule has 0 amide bonds. The fourth-order valence-electron chi connectivity index (χ4n) is 4.18. The lowest BCUT2D eigenvalue weighted by molar-refractivity contribution is 0.633. The fraction of sp³-hybridized carbons (Fsp3) is 0. The van der Waals surface area contributed by atoms with Crippen LogP contribution < -0.4 is 0 Å². The van der Waals surface area contributed by atoms with Gasteiger partial charge in [-0.1, -0.05) is 54.6 Å². The lowest BCUT2D eigenvalue weighted by Crippen LogP contribution is -1.91. The zero-order chi connectivity index (χ0) is 18.7. The zero-order valence-corrected chi connectivity index (χ0v) is 14.9. The molecule has 0 saturated heterocycles. The van der Waals surface area contributed by atoms with Gasteiger partial charge in [-0.25, -0.2) is 4.39 Å². The topological polar surface area (TPSA) is 28.7 Å². The third-order valence-corrected chi connectivity index (χ3v) is 5.50. The number of aromatic nitrogens is 2. The summed E-state index contributed by atoms with van der Waals surface area (Å²) in [5.74, 6) is -0.258. The number of H-pyrrole nitrogens is 1. The number of pyridine rings is 1. The van der Waals surface area contributed by atoms with E-state index in [-0.39, 0.29) is 5.82 Å². The van der Waals surface area contributed by atoms with Gasteiger partial charge >= 0.3 is 0 Å². The molecule has 2 aromatic heterocycles. The zero-order valence-electron chi connectivity index (χ0n) is 14.9. The number of aromatic amines is 1. The lowest BCUT2D eigenvalue weighted by Gasteiger charge is -2.10. The molecule has 6 rings (SSSR count). The molecule has 4 aromatic carbocycles. The predicted octanol–water partition coefficient (Wildman–Crippen LogP) is 6.83. The highest BCUT2D eigenvalue weighted by molar-refractivity contribution is 6.20. The van der Waals surface area contributed by atoms with Crippen molar-refractivity contribution < 1.29 is 4.39 Å². The van der Waals surface area contributed by atoms with Crippen molar-refractivity contribution in [2.45, 2.75) is 0 Å². The van der Waals surface area contributed by atoms with Gasteiger partial charge in [0.1, 0.15) is 5.82 Å². The monoisotopic (exact) mass is 362 g/mol. The van der Waals surface area contributed by atoms with Crippen molar-refractivity contribution in [2.75, 3.05) is 0 Å². The van der Waals surface area contributed by atoms with Crippen LogP contribution in [0, 0.1) is 5.82 Å². The third-order valence-electron chi connectivity index (χ3n) is 5.50. The van der Waals surface area contributed by atoms with Crippen molar-refractivity contribution in [2.24, 2.45) is 0 Å². The quantitative estimate of drug-likeness (QED) is 0.341. The molecule has 2 nitrogen and oxygen atoms in total.